The van der Waals surface area contributed by atoms with Crippen LogP contribution in [-0.2, 0) is 16.1 Å². The van der Waals surface area contributed by atoms with Gasteiger partial charge in [0.25, 0.3) is 5.92 Å². The van der Waals surface area contributed by atoms with Crippen LogP contribution in [0.5, 0.6) is 0 Å². The molecule has 0 bridgehead atoms. The van der Waals surface area contributed by atoms with Crippen LogP contribution < -0.4 is 0 Å². The molecule has 2 aliphatic rings. The molecule has 3 rings (SSSR count). The summed E-state index contributed by atoms with van der Waals surface area (Å²) in [6, 6.07) is 8.23. The first-order chi connectivity index (χ1) is 12.6. The number of alkyl halides is 2. The van der Waals surface area contributed by atoms with E-state index in [1.54, 1.807) is 45.0 Å². The van der Waals surface area contributed by atoms with E-state index in [0.717, 1.165) is 10.5 Å². The third-order valence-corrected chi connectivity index (χ3v) is 4.70. The SMILES string of the molecule is CC(C)(C)OC(=O)N1C[C@@H]2[C@H](C1)C(F)(F)CN2C(=O)OCc1ccccc1. The summed E-state index contributed by atoms with van der Waals surface area (Å²) in [7, 11) is 0. The Morgan fingerprint density at radius 2 is 1.81 bits per heavy atom. The summed E-state index contributed by atoms with van der Waals surface area (Å²) in [5, 5.41) is 0. The highest BCUT2D eigenvalue weighted by atomic mass is 19.3. The second-order valence-electron chi connectivity index (χ2n) is 7.99. The van der Waals surface area contributed by atoms with Crippen LogP contribution in [0.3, 0.4) is 0 Å². The van der Waals surface area contributed by atoms with Gasteiger partial charge in [-0.1, -0.05) is 30.3 Å². The number of rotatable bonds is 2. The minimum atomic E-state index is -3.08. The highest BCUT2D eigenvalue weighted by Crippen LogP contribution is 2.42. The molecule has 2 atom stereocenters. The van der Waals surface area contributed by atoms with Gasteiger partial charge in [0.15, 0.2) is 0 Å². The zero-order valence-electron chi connectivity index (χ0n) is 15.7. The molecule has 6 nitrogen and oxygen atoms in total. The lowest BCUT2D eigenvalue weighted by Crippen LogP contribution is -2.43. The molecule has 0 radical (unpaired) electrons. The summed E-state index contributed by atoms with van der Waals surface area (Å²) < 4.78 is 39.3. The maximum absolute atomic E-state index is 14.4. The highest BCUT2D eigenvalue weighted by Gasteiger charge is 2.60. The van der Waals surface area contributed by atoms with E-state index in [9.17, 15) is 18.4 Å². The van der Waals surface area contributed by atoms with Crippen molar-refractivity contribution in [3.63, 3.8) is 0 Å². The molecule has 2 saturated heterocycles. The Morgan fingerprint density at radius 3 is 2.44 bits per heavy atom. The molecule has 2 fully saturated rings. The Morgan fingerprint density at radius 1 is 1.15 bits per heavy atom. The molecular formula is C19H24F2N2O4. The zero-order valence-corrected chi connectivity index (χ0v) is 15.7. The monoisotopic (exact) mass is 382 g/mol. The molecule has 8 heteroatoms. The normalized spacial score (nSPS) is 23.9. The van der Waals surface area contributed by atoms with Gasteiger partial charge in [0.05, 0.1) is 18.5 Å². The summed E-state index contributed by atoms with van der Waals surface area (Å²) in [4.78, 5) is 26.9. The molecule has 0 saturated carbocycles. The standard InChI is InChI=1S/C19H24F2N2O4/c1-18(2,3)27-16(24)22-9-14-15(10-22)23(12-19(14,20)21)17(25)26-11-13-7-5-4-6-8-13/h4-8,14-15H,9-12H2,1-3H3/t14-,15+/m0/s1. The van der Waals surface area contributed by atoms with Crippen molar-refractivity contribution in [2.45, 2.75) is 44.9 Å². The van der Waals surface area contributed by atoms with Crippen molar-refractivity contribution < 1.29 is 27.8 Å². The molecule has 27 heavy (non-hydrogen) atoms. The van der Waals surface area contributed by atoms with Gasteiger partial charge in [-0.25, -0.2) is 18.4 Å². The third-order valence-electron chi connectivity index (χ3n) is 4.70. The number of carbonyl (C=O) groups is 2. The maximum Gasteiger partial charge on any atom is 0.410 e. The summed E-state index contributed by atoms with van der Waals surface area (Å²) >= 11 is 0. The third kappa shape index (κ3) is 4.31. The van der Waals surface area contributed by atoms with Gasteiger partial charge in [-0.2, -0.15) is 0 Å². The largest absolute Gasteiger partial charge is 0.445 e. The quantitative estimate of drug-likeness (QED) is 0.785. The first-order valence-electron chi connectivity index (χ1n) is 8.90. The summed E-state index contributed by atoms with van der Waals surface area (Å²) in [6.07, 6.45) is -1.44. The lowest BCUT2D eigenvalue weighted by atomic mass is 10.0. The molecule has 0 N–H and O–H groups in total. The van der Waals surface area contributed by atoms with Crippen LogP contribution in [0, 0.1) is 5.92 Å². The lowest BCUT2D eigenvalue weighted by molar-refractivity contribution is -0.0321. The number of fused-ring (bicyclic) bond motifs is 1. The van der Waals surface area contributed by atoms with Gasteiger partial charge in [-0.15, -0.1) is 0 Å². The van der Waals surface area contributed by atoms with E-state index in [1.165, 1.54) is 4.90 Å². The fourth-order valence-electron chi connectivity index (χ4n) is 3.46. The van der Waals surface area contributed by atoms with Gasteiger partial charge in [0, 0.05) is 13.1 Å². The van der Waals surface area contributed by atoms with Crippen molar-refractivity contribution in [3.8, 4) is 0 Å². The molecule has 2 aliphatic heterocycles. The average molecular weight is 382 g/mol. The second kappa shape index (κ2) is 6.98. The van der Waals surface area contributed by atoms with Crippen LogP contribution in [0.2, 0.25) is 0 Å². The van der Waals surface area contributed by atoms with Crippen LogP contribution >= 0.6 is 0 Å². The minimum Gasteiger partial charge on any atom is -0.445 e. The lowest BCUT2D eigenvalue weighted by Gasteiger charge is -2.27. The summed E-state index contributed by atoms with van der Waals surface area (Å²) in [6.45, 7) is 4.31. The van der Waals surface area contributed by atoms with Gasteiger partial charge >= 0.3 is 12.2 Å². The van der Waals surface area contributed by atoms with Crippen molar-refractivity contribution in [3.05, 3.63) is 35.9 Å². The smallest absolute Gasteiger partial charge is 0.410 e. The number of carbonyl (C=O) groups excluding carboxylic acids is 2. The molecular weight excluding hydrogens is 358 g/mol. The number of amides is 2. The van der Waals surface area contributed by atoms with E-state index in [4.69, 9.17) is 9.47 Å². The van der Waals surface area contributed by atoms with Crippen LogP contribution in [0.1, 0.15) is 26.3 Å². The van der Waals surface area contributed by atoms with Gasteiger partial charge in [0.1, 0.15) is 12.2 Å². The van der Waals surface area contributed by atoms with E-state index in [2.05, 4.69) is 0 Å². The molecule has 2 amide bonds. The second-order valence-corrected chi connectivity index (χ2v) is 7.99. The van der Waals surface area contributed by atoms with Crippen LogP contribution in [0.25, 0.3) is 0 Å². The van der Waals surface area contributed by atoms with E-state index in [-0.39, 0.29) is 19.7 Å². The predicted octanol–water partition coefficient (Wildman–Crippen LogP) is 3.51. The highest BCUT2D eigenvalue weighted by molar-refractivity contribution is 5.71. The Hall–Kier alpha value is -2.38. The van der Waals surface area contributed by atoms with Gasteiger partial charge in [0.2, 0.25) is 0 Å². The molecule has 1 aromatic rings. The van der Waals surface area contributed by atoms with Crippen LogP contribution in [-0.4, -0.2) is 59.2 Å². The van der Waals surface area contributed by atoms with Gasteiger partial charge in [-0.05, 0) is 26.3 Å². The van der Waals surface area contributed by atoms with E-state index < -0.39 is 42.2 Å². The van der Waals surface area contributed by atoms with E-state index >= 15 is 0 Å². The van der Waals surface area contributed by atoms with Crippen molar-refractivity contribution in [2.75, 3.05) is 19.6 Å². The molecule has 2 heterocycles. The topological polar surface area (TPSA) is 59.1 Å². The van der Waals surface area contributed by atoms with Crippen molar-refractivity contribution in [1.29, 1.82) is 0 Å². The molecule has 1 aromatic carbocycles. The fourth-order valence-corrected chi connectivity index (χ4v) is 3.46. The van der Waals surface area contributed by atoms with Gasteiger partial charge in [-0.3, -0.25) is 4.90 Å². The van der Waals surface area contributed by atoms with Crippen molar-refractivity contribution >= 4 is 12.2 Å². The Kier molecular flexibility index (Phi) is 5.01. The number of hydrogen-bond acceptors (Lipinski definition) is 4. The number of benzene rings is 1. The average Bonchev–Trinajstić information content (AvgIpc) is 3.12. The number of nitrogens with zero attached hydrogens (tertiary/aromatic N) is 2. The first-order valence-corrected chi connectivity index (χ1v) is 8.90. The Bertz CT molecular complexity index is 705. The number of ether oxygens (including phenoxy) is 2. The van der Waals surface area contributed by atoms with E-state index in [1.807, 2.05) is 6.07 Å². The Balaban J connectivity index is 1.65. The summed E-state index contributed by atoms with van der Waals surface area (Å²) in [5.74, 6) is -4.19. The predicted molar refractivity (Wildman–Crippen MR) is 93.4 cm³/mol. The molecule has 0 aliphatic carbocycles. The van der Waals surface area contributed by atoms with Crippen LogP contribution in [0.15, 0.2) is 30.3 Å². The van der Waals surface area contributed by atoms with Gasteiger partial charge < -0.3 is 14.4 Å². The number of halogens is 2. The maximum atomic E-state index is 14.4. The van der Waals surface area contributed by atoms with Crippen molar-refractivity contribution in [1.82, 2.24) is 9.80 Å². The van der Waals surface area contributed by atoms with Crippen molar-refractivity contribution in [2.24, 2.45) is 5.92 Å². The first kappa shape index (κ1) is 19.4. The molecule has 0 aromatic heterocycles. The Labute approximate surface area is 157 Å². The molecule has 148 valence electrons. The van der Waals surface area contributed by atoms with Crippen LogP contribution in [0.4, 0.5) is 18.4 Å². The zero-order chi connectivity index (χ0) is 19.8. The van der Waals surface area contributed by atoms with E-state index in [0.29, 0.717) is 0 Å². The fraction of sp³-hybridized carbons (Fsp3) is 0.579. The number of hydrogen-bond donors (Lipinski definition) is 0. The number of likely N-dealkylation sites (tertiary alicyclic amines) is 2. The molecule has 0 unspecified atom stereocenters. The summed E-state index contributed by atoms with van der Waals surface area (Å²) in [5.41, 5.74) is 0.0566. The minimum absolute atomic E-state index is 0.00884. The molecule has 0 spiro atoms.